The van der Waals surface area contributed by atoms with Crippen molar-refractivity contribution in [3.05, 3.63) is 18.6 Å². The second-order valence-corrected chi connectivity index (χ2v) is 2.65. The molecule has 1 rings (SSSR count). The number of nitrogens with one attached hydrogen (secondary N) is 1. The molecule has 5 heteroatoms. The van der Waals surface area contributed by atoms with Crippen LogP contribution >= 0.6 is 0 Å². The third-order valence-electron chi connectivity index (χ3n) is 1.61. The number of hydrogen-bond donors (Lipinski definition) is 1. The molecule has 13 heavy (non-hydrogen) atoms. The molecule has 1 aromatic heterocycles. The molecule has 0 amide bonds. The molecule has 0 spiro atoms. The lowest BCUT2D eigenvalue weighted by Gasteiger charge is -2.14. The van der Waals surface area contributed by atoms with Crippen LogP contribution in [-0.2, 0) is 0 Å². The fraction of sp³-hybridized carbons (Fsp3) is 0.500. The van der Waals surface area contributed by atoms with Gasteiger partial charge in [0.2, 0.25) is 0 Å². The van der Waals surface area contributed by atoms with Crippen LogP contribution in [0.5, 0.6) is 0 Å². The number of anilines is 1. The van der Waals surface area contributed by atoms with Gasteiger partial charge in [0.1, 0.15) is 5.82 Å². The molecule has 0 radical (unpaired) electrons. The highest BCUT2D eigenvalue weighted by Crippen LogP contribution is 2.17. The van der Waals surface area contributed by atoms with Gasteiger partial charge in [0.25, 0.3) is 5.92 Å². The summed E-state index contributed by atoms with van der Waals surface area (Å²) in [4.78, 5) is 7.55. The predicted octanol–water partition coefficient (Wildman–Crippen LogP) is 1.93. The van der Waals surface area contributed by atoms with Crippen molar-refractivity contribution in [2.75, 3.05) is 11.9 Å². The van der Waals surface area contributed by atoms with Gasteiger partial charge in [0.05, 0.1) is 12.7 Å². The molecular weight excluding hydrogens is 176 g/mol. The average Bonchev–Trinajstić information content (AvgIpc) is 2.17. The number of rotatable bonds is 4. The highest BCUT2D eigenvalue weighted by Gasteiger charge is 2.25. The van der Waals surface area contributed by atoms with Gasteiger partial charge in [-0.05, 0) is 0 Å². The molecule has 0 aliphatic heterocycles. The minimum atomic E-state index is -2.68. The van der Waals surface area contributed by atoms with E-state index in [9.17, 15) is 8.78 Å². The first kappa shape index (κ1) is 9.83. The van der Waals surface area contributed by atoms with E-state index in [0.29, 0.717) is 5.82 Å². The zero-order valence-corrected chi connectivity index (χ0v) is 7.30. The summed E-state index contributed by atoms with van der Waals surface area (Å²) in [6.45, 7) is 1.04. The van der Waals surface area contributed by atoms with Crippen molar-refractivity contribution in [2.24, 2.45) is 0 Å². The van der Waals surface area contributed by atoms with E-state index in [-0.39, 0.29) is 6.42 Å². The summed E-state index contributed by atoms with van der Waals surface area (Å²) in [6, 6.07) is 0. The molecule has 0 bridgehead atoms. The Kier molecular flexibility index (Phi) is 3.11. The van der Waals surface area contributed by atoms with E-state index >= 15 is 0 Å². The zero-order valence-electron chi connectivity index (χ0n) is 7.30. The molecule has 0 unspecified atom stereocenters. The van der Waals surface area contributed by atoms with Crippen molar-refractivity contribution in [3.63, 3.8) is 0 Å². The normalized spacial score (nSPS) is 11.3. The quantitative estimate of drug-likeness (QED) is 0.782. The number of aromatic nitrogens is 2. The van der Waals surface area contributed by atoms with Crippen LogP contribution in [0.15, 0.2) is 18.6 Å². The van der Waals surface area contributed by atoms with Crippen molar-refractivity contribution in [1.82, 2.24) is 9.97 Å². The van der Waals surface area contributed by atoms with E-state index < -0.39 is 12.5 Å². The van der Waals surface area contributed by atoms with Crippen LogP contribution in [0.25, 0.3) is 0 Å². The Labute approximate surface area is 75.2 Å². The monoisotopic (exact) mass is 187 g/mol. The van der Waals surface area contributed by atoms with E-state index in [1.54, 1.807) is 0 Å². The van der Waals surface area contributed by atoms with Crippen LogP contribution in [-0.4, -0.2) is 22.4 Å². The third-order valence-corrected chi connectivity index (χ3v) is 1.61. The van der Waals surface area contributed by atoms with Crippen LogP contribution in [0.2, 0.25) is 0 Å². The van der Waals surface area contributed by atoms with Crippen molar-refractivity contribution in [1.29, 1.82) is 0 Å². The zero-order chi connectivity index (χ0) is 9.73. The Morgan fingerprint density at radius 1 is 1.46 bits per heavy atom. The van der Waals surface area contributed by atoms with E-state index in [1.807, 2.05) is 0 Å². The van der Waals surface area contributed by atoms with E-state index in [4.69, 9.17) is 0 Å². The lowest BCUT2D eigenvalue weighted by atomic mass is 10.2. The van der Waals surface area contributed by atoms with Gasteiger partial charge in [-0.1, -0.05) is 6.92 Å². The summed E-state index contributed by atoms with van der Waals surface area (Å²) in [5.74, 6) is -2.31. The lowest BCUT2D eigenvalue weighted by molar-refractivity contribution is 0.0115. The fourth-order valence-electron chi connectivity index (χ4n) is 0.735. The highest BCUT2D eigenvalue weighted by molar-refractivity contribution is 5.29. The molecule has 0 saturated heterocycles. The Hall–Kier alpha value is -1.26. The van der Waals surface area contributed by atoms with Gasteiger partial charge in [-0.2, -0.15) is 0 Å². The number of hydrogen-bond acceptors (Lipinski definition) is 3. The largest absolute Gasteiger partial charge is 0.363 e. The molecule has 0 aromatic carbocycles. The smallest absolute Gasteiger partial charge is 0.264 e. The topological polar surface area (TPSA) is 37.8 Å². The molecule has 1 aromatic rings. The first-order valence-corrected chi connectivity index (χ1v) is 4.02. The van der Waals surface area contributed by atoms with Crippen LogP contribution in [0, 0.1) is 0 Å². The fourth-order valence-corrected chi connectivity index (χ4v) is 0.735. The highest BCUT2D eigenvalue weighted by atomic mass is 19.3. The predicted molar refractivity (Wildman–Crippen MR) is 45.8 cm³/mol. The Bertz CT molecular complexity index is 251. The van der Waals surface area contributed by atoms with Gasteiger partial charge in [0.15, 0.2) is 0 Å². The molecule has 0 atom stereocenters. The Balaban J connectivity index is 2.44. The molecule has 0 aliphatic rings. The molecule has 1 heterocycles. The molecular formula is C8H11F2N3. The standard InChI is InChI=1S/C8H11F2N3/c1-2-8(9,10)6-13-7-5-11-3-4-12-7/h3-5H,2,6H2,1H3,(H,12,13). The third kappa shape index (κ3) is 3.31. The summed E-state index contributed by atoms with van der Waals surface area (Å²) in [7, 11) is 0. The van der Waals surface area contributed by atoms with E-state index in [1.165, 1.54) is 25.5 Å². The number of alkyl halides is 2. The van der Waals surface area contributed by atoms with Crippen molar-refractivity contribution >= 4 is 5.82 Å². The average molecular weight is 187 g/mol. The lowest BCUT2D eigenvalue weighted by Crippen LogP contribution is -2.26. The summed E-state index contributed by atoms with van der Waals surface area (Å²) in [5, 5.41) is 2.51. The molecule has 0 aliphatic carbocycles. The SMILES string of the molecule is CCC(F)(F)CNc1cnccn1. The van der Waals surface area contributed by atoms with Crippen LogP contribution in [0.3, 0.4) is 0 Å². The summed E-state index contributed by atoms with van der Waals surface area (Å²) in [6.07, 6.45) is 4.17. The minimum Gasteiger partial charge on any atom is -0.363 e. The van der Waals surface area contributed by atoms with Gasteiger partial charge < -0.3 is 5.32 Å². The number of halogens is 2. The Morgan fingerprint density at radius 3 is 2.77 bits per heavy atom. The number of nitrogens with zero attached hydrogens (tertiary/aromatic N) is 2. The van der Waals surface area contributed by atoms with Gasteiger partial charge in [-0.3, -0.25) is 4.98 Å². The van der Waals surface area contributed by atoms with Gasteiger partial charge in [-0.25, -0.2) is 13.8 Å². The molecule has 72 valence electrons. The maximum absolute atomic E-state index is 12.7. The minimum absolute atomic E-state index is 0.180. The molecule has 1 N–H and O–H groups in total. The summed E-state index contributed by atoms with van der Waals surface area (Å²) >= 11 is 0. The van der Waals surface area contributed by atoms with Gasteiger partial charge in [0, 0.05) is 18.8 Å². The van der Waals surface area contributed by atoms with Crippen LogP contribution < -0.4 is 5.32 Å². The summed E-state index contributed by atoms with van der Waals surface area (Å²) in [5.41, 5.74) is 0. The first-order chi connectivity index (χ1) is 6.14. The van der Waals surface area contributed by atoms with Crippen molar-refractivity contribution in [2.45, 2.75) is 19.3 Å². The van der Waals surface area contributed by atoms with Crippen LogP contribution in [0.1, 0.15) is 13.3 Å². The molecule has 0 fully saturated rings. The maximum atomic E-state index is 12.7. The van der Waals surface area contributed by atoms with Gasteiger partial charge in [-0.15, -0.1) is 0 Å². The summed E-state index contributed by atoms with van der Waals surface area (Å²) < 4.78 is 25.5. The van der Waals surface area contributed by atoms with E-state index in [2.05, 4.69) is 15.3 Å². The first-order valence-electron chi connectivity index (χ1n) is 4.02. The second-order valence-electron chi connectivity index (χ2n) is 2.65. The molecule has 3 nitrogen and oxygen atoms in total. The van der Waals surface area contributed by atoms with Crippen molar-refractivity contribution < 1.29 is 8.78 Å². The van der Waals surface area contributed by atoms with E-state index in [0.717, 1.165) is 0 Å². The maximum Gasteiger partial charge on any atom is 0.264 e. The van der Waals surface area contributed by atoms with Crippen LogP contribution in [0.4, 0.5) is 14.6 Å². The Morgan fingerprint density at radius 2 is 2.23 bits per heavy atom. The van der Waals surface area contributed by atoms with Crippen molar-refractivity contribution in [3.8, 4) is 0 Å². The van der Waals surface area contributed by atoms with Gasteiger partial charge >= 0.3 is 0 Å². The molecule has 0 saturated carbocycles. The second kappa shape index (κ2) is 4.11.